The third kappa shape index (κ3) is 3.03. The van der Waals surface area contributed by atoms with Crippen LogP contribution in [0.25, 0.3) is 10.2 Å². The van der Waals surface area contributed by atoms with Gasteiger partial charge in [-0.1, -0.05) is 19.1 Å². The van der Waals surface area contributed by atoms with E-state index in [0.29, 0.717) is 26.2 Å². The Kier molecular flexibility index (Phi) is 4.55. The summed E-state index contributed by atoms with van der Waals surface area (Å²) in [5.41, 5.74) is 0.135. The van der Waals surface area contributed by atoms with Crippen LogP contribution >= 0.6 is 11.3 Å². The molecule has 0 aliphatic carbocycles. The van der Waals surface area contributed by atoms with Gasteiger partial charge in [0.25, 0.3) is 5.91 Å². The monoisotopic (exact) mass is 370 g/mol. The molecule has 0 atom stereocenters. The molecular weight excluding hydrogens is 351 g/mol. The third-order valence-corrected chi connectivity index (χ3v) is 5.87. The minimum absolute atomic E-state index is 0.135. The number of hydrogen-bond donors (Lipinski definition) is 0. The summed E-state index contributed by atoms with van der Waals surface area (Å²) in [6, 6.07) is 8.30. The first-order valence-corrected chi connectivity index (χ1v) is 9.51. The van der Waals surface area contributed by atoms with Crippen molar-refractivity contribution < 1.29 is 9.18 Å². The van der Waals surface area contributed by atoms with Gasteiger partial charge in [-0.15, -0.1) is 11.3 Å². The number of anilines is 1. The van der Waals surface area contributed by atoms with Crippen molar-refractivity contribution in [3.05, 3.63) is 52.9 Å². The first-order chi connectivity index (χ1) is 12.7. The van der Waals surface area contributed by atoms with E-state index >= 15 is 0 Å². The van der Waals surface area contributed by atoms with Gasteiger partial charge in [0.15, 0.2) is 0 Å². The summed E-state index contributed by atoms with van der Waals surface area (Å²) in [5.74, 6) is 0.200. The predicted molar refractivity (Wildman–Crippen MR) is 101 cm³/mol. The third-order valence-electron chi connectivity index (χ3n) is 4.68. The molecule has 0 radical (unpaired) electrons. The summed E-state index contributed by atoms with van der Waals surface area (Å²) in [6.45, 7) is 4.56. The molecule has 0 bridgehead atoms. The Morgan fingerprint density at radius 1 is 1.19 bits per heavy atom. The van der Waals surface area contributed by atoms with Gasteiger partial charge in [-0.3, -0.25) is 4.79 Å². The summed E-state index contributed by atoms with van der Waals surface area (Å²) < 4.78 is 13.9. The number of benzene rings is 1. The molecular formula is C19H19FN4OS. The Morgan fingerprint density at radius 2 is 1.96 bits per heavy atom. The number of piperazine rings is 1. The number of fused-ring (bicyclic) bond motifs is 1. The lowest BCUT2D eigenvalue weighted by Crippen LogP contribution is -2.49. The highest BCUT2D eigenvalue weighted by Gasteiger charge is 2.25. The van der Waals surface area contributed by atoms with Crippen LogP contribution in [0.1, 0.15) is 22.2 Å². The molecule has 1 aliphatic heterocycles. The Morgan fingerprint density at radius 3 is 2.69 bits per heavy atom. The van der Waals surface area contributed by atoms with E-state index in [2.05, 4.69) is 27.9 Å². The molecule has 4 rings (SSSR count). The maximum atomic E-state index is 13.9. The fourth-order valence-corrected chi connectivity index (χ4v) is 4.18. The molecule has 1 saturated heterocycles. The summed E-state index contributed by atoms with van der Waals surface area (Å²) in [5, 5.41) is 1.07. The van der Waals surface area contributed by atoms with E-state index in [0.717, 1.165) is 22.5 Å². The van der Waals surface area contributed by atoms with Crippen molar-refractivity contribution >= 4 is 33.3 Å². The van der Waals surface area contributed by atoms with Crippen molar-refractivity contribution in [3.63, 3.8) is 0 Å². The van der Waals surface area contributed by atoms with Crippen molar-refractivity contribution in [2.75, 3.05) is 31.1 Å². The quantitative estimate of drug-likeness (QED) is 0.709. The van der Waals surface area contributed by atoms with E-state index < -0.39 is 5.82 Å². The average molecular weight is 370 g/mol. The SMILES string of the molecule is CCc1cc2c(N3CCN(C(=O)c4ccccc4F)CC3)ncnc2s1. The molecule has 1 fully saturated rings. The Bertz CT molecular complexity index is 950. The van der Waals surface area contributed by atoms with E-state index in [-0.39, 0.29) is 11.5 Å². The van der Waals surface area contributed by atoms with Crippen LogP contribution in [0.3, 0.4) is 0 Å². The molecule has 3 aromatic rings. The number of hydrogen-bond acceptors (Lipinski definition) is 5. The summed E-state index contributed by atoms with van der Waals surface area (Å²) in [6.07, 6.45) is 2.58. The van der Waals surface area contributed by atoms with E-state index in [4.69, 9.17) is 0 Å². The standard InChI is InChI=1S/C19H19FN4OS/c1-2-13-11-15-17(21-12-22-18(15)26-13)23-7-9-24(10-8-23)19(25)14-5-3-4-6-16(14)20/h3-6,11-12H,2,7-10H2,1H3. The van der Waals surface area contributed by atoms with Gasteiger partial charge in [-0.05, 0) is 24.6 Å². The fraction of sp³-hybridized carbons (Fsp3) is 0.316. The predicted octanol–water partition coefficient (Wildman–Crippen LogP) is 3.36. The molecule has 0 unspecified atom stereocenters. The van der Waals surface area contributed by atoms with Crippen molar-refractivity contribution in [1.82, 2.24) is 14.9 Å². The van der Waals surface area contributed by atoms with Crippen LogP contribution < -0.4 is 4.90 Å². The highest BCUT2D eigenvalue weighted by atomic mass is 32.1. The number of nitrogens with zero attached hydrogens (tertiary/aromatic N) is 4. The van der Waals surface area contributed by atoms with E-state index in [1.54, 1.807) is 34.7 Å². The molecule has 7 heteroatoms. The molecule has 5 nitrogen and oxygen atoms in total. The minimum atomic E-state index is -0.470. The average Bonchev–Trinajstić information content (AvgIpc) is 3.11. The van der Waals surface area contributed by atoms with Crippen LogP contribution in [0.2, 0.25) is 0 Å². The summed E-state index contributed by atoms with van der Waals surface area (Å²) in [4.78, 5) is 27.6. The molecule has 1 aliphatic rings. The molecule has 0 saturated carbocycles. The topological polar surface area (TPSA) is 49.3 Å². The van der Waals surface area contributed by atoms with Gasteiger partial charge >= 0.3 is 0 Å². The Labute approximate surface area is 155 Å². The largest absolute Gasteiger partial charge is 0.352 e. The second-order valence-corrected chi connectivity index (χ2v) is 7.36. The Balaban J connectivity index is 1.51. The number of carbonyl (C=O) groups excluding carboxylic acids is 1. The minimum Gasteiger partial charge on any atom is -0.352 e. The number of rotatable bonds is 3. The highest BCUT2D eigenvalue weighted by Crippen LogP contribution is 2.31. The van der Waals surface area contributed by atoms with Gasteiger partial charge in [-0.25, -0.2) is 14.4 Å². The van der Waals surface area contributed by atoms with E-state index in [1.807, 2.05) is 0 Å². The van der Waals surface area contributed by atoms with Gasteiger partial charge in [-0.2, -0.15) is 0 Å². The number of thiophene rings is 1. The number of aryl methyl sites for hydroxylation is 1. The zero-order valence-electron chi connectivity index (χ0n) is 14.5. The van der Waals surface area contributed by atoms with Crippen LogP contribution in [0.5, 0.6) is 0 Å². The summed E-state index contributed by atoms with van der Waals surface area (Å²) in [7, 11) is 0. The molecule has 2 aromatic heterocycles. The van der Waals surface area contributed by atoms with Crippen LogP contribution in [0.15, 0.2) is 36.7 Å². The van der Waals surface area contributed by atoms with Gasteiger partial charge in [0, 0.05) is 31.1 Å². The van der Waals surface area contributed by atoms with Gasteiger partial charge in [0.2, 0.25) is 0 Å². The molecule has 0 spiro atoms. The van der Waals surface area contributed by atoms with Gasteiger partial charge in [0.1, 0.15) is 22.8 Å². The molecule has 134 valence electrons. The lowest BCUT2D eigenvalue weighted by atomic mass is 10.1. The lowest BCUT2D eigenvalue weighted by Gasteiger charge is -2.35. The van der Waals surface area contributed by atoms with Crippen molar-refractivity contribution in [3.8, 4) is 0 Å². The summed E-state index contributed by atoms with van der Waals surface area (Å²) >= 11 is 1.70. The van der Waals surface area contributed by atoms with Crippen LogP contribution in [-0.2, 0) is 6.42 Å². The molecule has 26 heavy (non-hydrogen) atoms. The van der Waals surface area contributed by atoms with Crippen molar-refractivity contribution in [2.45, 2.75) is 13.3 Å². The zero-order valence-corrected chi connectivity index (χ0v) is 15.3. The smallest absolute Gasteiger partial charge is 0.256 e. The van der Waals surface area contributed by atoms with Crippen LogP contribution in [0.4, 0.5) is 10.2 Å². The second-order valence-electron chi connectivity index (χ2n) is 6.24. The molecule has 1 aromatic carbocycles. The number of amides is 1. The number of halogens is 1. The molecule has 3 heterocycles. The molecule has 0 N–H and O–H groups in total. The lowest BCUT2D eigenvalue weighted by molar-refractivity contribution is 0.0742. The van der Waals surface area contributed by atoms with Crippen LogP contribution in [0, 0.1) is 5.82 Å². The van der Waals surface area contributed by atoms with Gasteiger partial charge < -0.3 is 9.80 Å². The Hall–Kier alpha value is -2.54. The number of aromatic nitrogens is 2. The fourth-order valence-electron chi connectivity index (χ4n) is 3.25. The zero-order chi connectivity index (χ0) is 18.1. The van der Waals surface area contributed by atoms with Gasteiger partial charge in [0.05, 0.1) is 10.9 Å². The molecule has 1 amide bonds. The first kappa shape index (κ1) is 16.9. The van der Waals surface area contributed by atoms with Crippen LogP contribution in [-0.4, -0.2) is 47.0 Å². The highest BCUT2D eigenvalue weighted by molar-refractivity contribution is 7.18. The van der Waals surface area contributed by atoms with E-state index in [9.17, 15) is 9.18 Å². The van der Waals surface area contributed by atoms with Crippen molar-refractivity contribution in [2.24, 2.45) is 0 Å². The second kappa shape index (κ2) is 6.99. The maximum Gasteiger partial charge on any atom is 0.256 e. The maximum absolute atomic E-state index is 13.9. The first-order valence-electron chi connectivity index (χ1n) is 8.69. The van der Waals surface area contributed by atoms with E-state index in [1.165, 1.54) is 17.0 Å². The normalized spacial score (nSPS) is 14.8. The number of carbonyl (C=O) groups is 1. The van der Waals surface area contributed by atoms with Crippen molar-refractivity contribution in [1.29, 1.82) is 0 Å².